The first-order valence-corrected chi connectivity index (χ1v) is 3.74. The highest BCUT2D eigenvalue weighted by molar-refractivity contribution is 5.25. The van der Waals surface area contributed by atoms with Crippen LogP contribution in [-0.2, 0) is 0 Å². The van der Waals surface area contributed by atoms with Gasteiger partial charge in [-0.2, -0.15) is 0 Å². The fourth-order valence-electron chi connectivity index (χ4n) is 1.28. The van der Waals surface area contributed by atoms with Crippen molar-refractivity contribution in [1.29, 1.82) is 0 Å². The molecule has 0 aromatic carbocycles. The molecule has 0 spiro atoms. The molecule has 1 aliphatic heterocycles. The summed E-state index contributed by atoms with van der Waals surface area (Å²) in [5.74, 6) is 0.612. The Bertz CT molecular complexity index is 199. The van der Waals surface area contributed by atoms with Gasteiger partial charge in [-0.3, -0.25) is 0 Å². The van der Waals surface area contributed by atoms with Crippen LogP contribution < -0.4 is 5.32 Å². The smallest absolute Gasteiger partial charge is 0.0112 e. The van der Waals surface area contributed by atoms with Crippen molar-refractivity contribution in [3.63, 3.8) is 0 Å². The van der Waals surface area contributed by atoms with E-state index in [0.717, 1.165) is 0 Å². The van der Waals surface area contributed by atoms with Gasteiger partial charge in [-0.05, 0) is 32.3 Å². The Morgan fingerprint density at radius 1 is 1.30 bits per heavy atom. The van der Waals surface area contributed by atoms with E-state index in [2.05, 4.69) is 39.1 Å². The molecule has 0 fully saturated rings. The van der Waals surface area contributed by atoms with E-state index in [1.165, 1.54) is 17.0 Å². The molecule has 10 heavy (non-hydrogen) atoms. The van der Waals surface area contributed by atoms with Crippen molar-refractivity contribution in [2.24, 2.45) is 5.92 Å². The lowest BCUT2D eigenvalue weighted by atomic mass is 9.97. The maximum absolute atomic E-state index is 3.30. The minimum atomic E-state index is 0.612. The SMILES string of the molecule is CC1=CC(C)C(C)=C(C)N1. The zero-order chi connectivity index (χ0) is 7.72. The van der Waals surface area contributed by atoms with Crippen LogP contribution in [0.15, 0.2) is 23.0 Å². The summed E-state index contributed by atoms with van der Waals surface area (Å²) in [6, 6.07) is 0. The second-order valence-electron chi connectivity index (χ2n) is 3.07. The van der Waals surface area contributed by atoms with Crippen LogP contribution in [-0.4, -0.2) is 0 Å². The molecule has 0 aliphatic carbocycles. The summed E-state index contributed by atoms with van der Waals surface area (Å²) in [5, 5.41) is 3.30. The number of dihydropyridines is 1. The Labute approximate surface area is 62.8 Å². The van der Waals surface area contributed by atoms with Crippen molar-refractivity contribution < 1.29 is 0 Å². The summed E-state index contributed by atoms with van der Waals surface area (Å²) in [6.07, 6.45) is 2.25. The first-order chi connectivity index (χ1) is 4.61. The van der Waals surface area contributed by atoms with Gasteiger partial charge in [0.1, 0.15) is 0 Å². The molecule has 56 valence electrons. The highest BCUT2D eigenvalue weighted by Crippen LogP contribution is 2.20. The first-order valence-electron chi connectivity index (χ1n) is 3.74. The quantitative estimate of drug-likeness (QED) is 0.540. The molecule has 0 aromatic rings. The van der Waals surface area contributed by atoms with Crippen molar-refractivity contribution in [2.45, 2.75) is 27.7 Å². The summed E-state index contributed by atoms with van der Waals surface area (Å²) in [7, 11) is 0. The van der Waals surface area contributed by atoms with E-state index in [-0.39, 0.29) is 0 Å². The van der Waals surface area contributed by atoms with Crippen LogP contribution >= 0.6 is 0 Å². The molecule has 1 atom stereocenters. The average Bonchev–Trinajstić information content (AvgIpc) is 1.82. The Morgan fingerprint density at radius 2 is 1.90 bits per heavy atom. The molecule has 0 saturated carbocycles. The summed E-state index contributed by atoms with van der Waals surface area (Å²) < 4.78 is 0. The van der Waals surface area contributed by atoms with Gasteiger partial charge in [-0.15, -0.1) is 0 Å². The van der Waals surface area contributed by atoms with Crippen LogP contribution in [0.25, 0.3) is 0 Å². The lowest BCUT2D eigenvalue weighted by molar-refractivity contribution is 0.753. The number of hydrogen-bond acceptors (Lipinski definition) is 1. The molecule has 0 amide bonds. The number of nitrogens with one attached hydrogen (secondary N) is 1. The van der Waals surface area contributed by atoms with Crippen LogP contribution in [0.5, 0.6) is 0 Å². The van der Waals surface area contributed by atoms with Crippen molar-refractivity contribution in [1.82, 2.24) is 5.32 Å². The Balaban J connectivity index is 2.85. The molecule has 0 saturated heterocycles. The Morgan fingerprint density at radius 3 is 2.40 bits per heavy atom. The van der Waals surface area contributed by atoms with Crippen LogP contribution in [0.4, 0.5) is 0 Å². The Kier molecular flexibility index (Phi) is 1.84. The predicted octanol–water partition coefficient (Wildman–Crippen LogP) is 2.42. The molecule has 1 N–H and O–H groups in total. The van der Waals surface area contributed by atoms with Crippen LogP contribution in [0, 0.1) is 5.92 Å². The third-order valence-corrected chi connectivity index (χ3v) is 2.16. The highest BCUT2D eigenvalue weighted by atomic mass is 14.9. The van der Waals surface area contributed by atoms with Gasteiger partial charge in [0.25, 0.3) is 0 Å². The van der Waals surface area contributed by atoms with E-state index in [0.29, 0.717) is 5.92 Å². The average molecular weight is 137 g/mol. The molecule has 1 nitrogen and oxygen atoms in total. The van der Waals surface area contributed by atoms with Crippen molar-refractivity contribution in [3.05, 3.63) is 23.0 Å². The van der Waals surface area contributed by atoms with E-state index >= 15 is 0 Å². The zero-order valence-corrected chi connectivity index (χ0v) is 7.15. The largest absolute Gasteiger partial charge is 0.363 e. The van der Waals surface area contributed by atoms with Crippen molar-refractivity contribution >= 4 is 0 Å². The van der Waals surface area contributed by atoms with E-state index in [4.69, 9.17) is 0 Å². The van der Waals surface area contributed by atoms with Gasteiger partial charge in [0, 0.05) is 11.4 Å². The monoisotopic (exact) mass is 137 g/mol. The normalized spacial score (nSPS) is 26.0. The lowest BCUT2D eigenvalue weighted by Gasteiger charge is -2.21. The van der Waals surface area contributed by atoms with Crippen molar-refractivity contribution in [2.75, 3.05) is 0 Å². The van der Waals surface area contributed by atoms with E-state index < -0.39 is 0 Å². The number of allylic oxidation sites excluding steroid dienone is 4. The molecule has 1 heteroatoms. The second kappa shape index (κ2) is 2.49. The molecule has 1 unspecified atom stereocenters. The Hall–Kier alpha value is -0.720. The lowest BCUT2D eigenvalue weighted by Crippen LogP contribution is -2.17. The molecular formula is C9H15N. The maximum Gasteiger partial charge on any atom is 0.0112 e. The molecule has 0 aromatic heterocycles. The summed E-state index contributed by atoms with van der Waals surface area (Å²) in [4.78, 5) is 0. The van der Waals surface area contributed by atoms with Gasteiger partial charge in [-0.25, -0.2) is 0 Å². The van der Waals surface area contributed by atoms with E-state index in [1.54, 1.807) is 0 Å². The van der Waals surface area contributed by atoms with Gasteiger partial charge in [0.05, 0.1) is 0 Å². The van der Waals surface area contributed by atoms with E-state index in [1.807, 2.05) is 0 Å². The summed E-state index contributed by atoms with van der Waals surface area (Å²) in [5.41, 5.74) is 4.04. The van der Waals surface area contributed by atoms with Gasteiger partial charge >= 0.3 is 0 Å². The summed E-state index contributed by atoms with van der Waals surface area (Å²) in [6.45, 7) is 8.63. The second-order valence-corrected chi connectivity index (χ2v) is 3.07. The van der Waals surface area contributed by atoms with Gasteiger partial charge in [0.15, 0.2) is 0 Å². The third-order valence-electron chi connectivity index (χ3n) is 2.16. The van der Waals surface area contributed by atoms with Crippen LogP contribution in [0.2, 0.25) is 0 Å². The molecule has 1 heterocycles. The van der Waals surface area contributed by atoms with Gasteiger partial charge in [0.2, 0.25) is 0 Å². The van der Waals surface area contributed by atoms with Gasteiger partial charge < -0.3 is 5.32 Å². The molecular weight excluding hydrogens is 122 g/mol. The molecule has 0 radical (unpaired) electrons. The fraction of sp³-hybridized carbons (Fsp3) is 0.556. The number of rotatable bonds is 0. The molecule has 1 aliphatic rings. The van der Waals surface area contributed by atoms with Crippen LogP contribution in [0.1, 0.15) is 27.7 Å². The van der Waals surface area contributed by atoms with E-state index in [9.17, 15) is 0 Å². The minimum Gasteiger partial charge on any atom is -0.363 e. The first kappa shape index (κ1) is 7.39. The summed E-state index contributed by atoms with van der Waals surface area (Å²) >= 11 is 0. The zero-order valence-electron chi connectivity index (χ0n) is 7.15. The topological polar surface area (TPSA) is 12.0 Å². The maximum atomic E-state index is 3.30. The standard InChI is InChI=1S/C9H15N/c1-6-5-7(2)10-9(4)8(6)3/h5-6,10H,1-4H3. The predicted molar refractivity (Wildman–Crippen MR) is 44.4 cm³/mol. The highest BCUT2D eigenvalue weighted by Gasteiger charge is 2.09. The fourth-order valence-corrected chi connectivity index (χ4v) is 1.28. The number of hydrogen-bond donors (Lipinski definition) is 1. The molecule has 0 bridgehead atoms. The van der Waals surface area contributed by atoms with Crippen molar-refractivity contribution in [3.8, 4) is 0 Å². The minimum absolute atomic E-state index is 0.612. The van der Waals surface area contributed by atoms with Crippen LogP contribution in [0.3, 0.4) is 0 Å². The molecule has 1 rings (SSSR count). The van der Waals surface area contributed by atoms with Gasteiger partial charge in [-0.1, -0.05) is 13.0 Å². The third kappa shape index (κ3) is 1.23.